The number of benzene rings is 1. The lowest BCUT2D eigenvalue weighted by Gasteiger charge is -2.27. The Hall–Kier alpha value is -0.410. The molecule has 0 aliphatic carbocycles. The molecule has 15 heavy (non-hydrogen) atoms. The Bertz CT molecular complexity index is 323. The van der Waals surface area contributed by atoms with Crippen LogP contribution in [0.2, 0.25) is 0 Å². The van der Waals surface area contributed by atoms with E-state index in [1.54, 1.807) is 6.07 Å². The summed E-state index contributed by atoms with van der Waals surface area (Å²) in [5.74, 6) is -0.127. The molecule has 0 radical (unpaired) electrons. The number of halogens is 2. The van der Waals surface area contributed by atoms with E-state index in [9.17, 15) is 4.39 Å². The van der Waals surface area contributed by atoms with Crippen LogP contribution in [0.3, 0.4) is 0 Å². The van der Waals surface area contributed by atoms with Crippen molar-refractivity contribution < 1.29 is 4.39 Å². The predicted octanol–water partition coefficient (Wildman–Crippen LogP) is 3.99. The van der Waals surface area contributed by atoms with Gasteiger partial charge in [-0.1, -0.05) is 29.8 Å². The molecule has 1 rings (SSSR count). The molecule has 0 N–H and O–H groups in total. The normalized spacial score (nSPS) is 13.2. The minimum absolute atomic E-state index is 0.123. The lowest BCUT2D eigenvalue weighted by molar-refractivity contribution is 0.230. The SMILES string of the molecule is CCN(CC)C(C)c1cc(Br)ccc1F. The van der Waals surface area contributed by atoms with Crippen LogP contribution in [0.4, 0.5) is 4.39 Å². The third-order valence-corrected chi connectivity index (χ3v) is 3.26. The first kappa shape index (κ1) is 12.7. The average Bonchev–Trinajstić information content (AvgIpc) is 2.23. The van der Waals surface area contributed by atoms with E-state index in [1.165, 1.54) is 6.07 Å². The van der Waals surface area contributed by atoms with Crippen LogP contribution in [-0.4, -0.2) is 18.0 Å². The molecule has 3 heteroatoms. The summed E-state index contributed by atoms with van der Waals surface area (Å²) >= 11 is 3.37. The van der Waals surface area contributed by atoms with Gasteiger partial charge in [-0.15, -0.1) is 0 Å². The van der Waals surface area contributed by atoms with Crippen LogP contribution in [-0.2, 0) is 0 Å². The Balaban J connectivity index is 2.98. The first-order chi connectivity index (χ1) is 7.10. The first-order valence-corrected chi connectivity index (χ1v) is 6.08. The van der Waals surface area contributed by atoms with Gasteiger partial charge in [0.1, 0.15) is 5.82 Å². The zero-order chi connectivity index (χ0) is 11.4. The van der Waals surface area contributed by atoms with Gasteiger partial charge in [0, 0.05) is 16.1 Å². The van der Waals surface area contributed by atoms with E-state index < -0.39 is 0 Å². The fraction of sp³-hybridized carbons (Fsp3) is 0.500. The monoisotopic (exact) mass is 273 g/mol. The van der Waals surface area contributed by atoms with E-state index in [2.05, 4.69) is 34.7 Å². The Morgan fingerprint density at radius 3 is 2.47 bits per heavy atom. The van der Waals surface area contributed by atoms with Crippen LogP contribution in [0.15, 0.2) is 22.7 Å². The van der Waals surface area contributed by atoms with E-state index in [0.717, 1.165) is 23.1 Å². The largest absolute Gasteiger partial charge is 0.297 e. The molecule has 0 aliphatic rings. The smallest absolute Gasteiger partial charge is 0.128 e. The molecule has 0 saturated heterocycles. The van der Waals surface area contributed by atoms with Gasteiger partial charge in [0.25, 0.3) is 0 Å². The summed E-state index contributed by atoms with van der Waals surface area (Å²) in [6, 6.07) is 5.23. The van der Waals surface area contributed by atoms with Crippen molar-refractivity contribution in [2.45, 2.75) is 26.8 Å². The number of rotatable bonds is 4. The van der Waals surface area contributed by atoms with Gasteiger partial charge in [0.2, 0.25) is 0 Å². The van der Waals surface area contributed by atoms with Gasteiger partial charge in [-0.05, 0) is 38.2 Å². The number of hydrogen-bond donors (Lipinski definition) is 0. The van der Waals surface area contributed by atoms with E-state index in [4.69, 9.17) is 0 Å². The van der Waals surface area contributed by atoms with E-state index in [1.807, 2.05) is 13.0 Å². The van der Waals surface area contributed by atoms with E-state index >= 15 is 0 Å². The van der Waals surface area contributed by atoms with Crippen LogP contribution >= 0.6 is 15.9 Å². The second-order valence-electron chi connectivity index (χ2n) is 3.56. The molecule has 1 atom stereocenters. The fourth-order valence-electron chi connectivity index (χ4n) is 1.80. The molecule has 1 aromatic rings. The second kappa shape index (κ2) is 5.61. The van der Waals surface area contributed by atoms with Gasteiger partial charge in [-0.25, -0.2) is 4.39 Å². The van der Waals surface area contributed by atoms with Crippen LogP contribution < -0.4 is 0 Å². The molecule has 0 amide bonds. The van der Waals surface area contributed by atoms with Crippen molar-refractivity contribution in [1.29, 1.82) is 0 Å². The van der Waals surface area contributed by atoms with Crippen LogP contribution in [0.25, 0.3) is 0 Å². The maximum atomic E-state index is 13.6. The molecule has 0 aromatic heterocycles. The van der Waals surface area contributed by atoms with Crippen molar-refractivity contribution in [2.75, 3.05) is 13.1 Å². The highest BCUT2D eigenvalue weighted by atomic mass is 79.9. The van der Waals surface area contributed by atoms with Crippen molar-refractivity contribution in [3.8, 4) is 0 Å². The summed E-state index contributed by atoms with van der Waals surface area (Å²) in [4.78, 5) is 2.23. The molecule has 0 spiro atoms. The van der Waals surface area contributed by atoms with Crippen LogP contribution in [0, 0.1) is 5.82 Å². The van der Waals surface area contributed by atoms with Crippen molar-refractivity contribution >= 4 is 15.9 Å². The first-order valence-electron chi connectivity index (χ1n) is 5.29. The zero-order valence-electron chi connectivity index (χ0n) is 9.43. The van der Waals surface area contributed by atoms with Crippen molar-refractivity contribution in [3.05, 3.63) is 34.1 Å². The molecule has 0 aliphatic heterocycles. The highest BCUT2D eigenvalue weighted by Crippen LogP contribution is 2.25. The van der Waals surface area contributed by atoms with Gasteiger partial charge in [0.05, 0.1) is 0 Å². The fourth-order valence-corrected chi connectivity index (χ4v) is 2.18. The second-order valence-corrected chi connectivity index (χ2v) is 4.48. The molecule has 0 fully saturated rings. The van der Waals surface area contributed by atoms with E-state index in [0.29, 0.717) is 0 Å². The van der Waals surface area contributed by atoms with Crippen LogP contribution in [0.1, 0.15) is 32.4 Å². The minimum atomic E-state index is -0.127. The Labute approximate surface area is 99.4 Å². The van der Waals surface area contributed by atoms with Gasteiger partial charge < -0.3 is 0 Å². The summed E-state index contributed by atoms with van der Waals surface area (Å²) in [6.45, 7) is 8.09. The summed E-state index contributed by atoms with van der Waals surface area (Å²) in [5, 5.41) is 0. The summed E-state index contributed by atoms with van der Waals surface area (Å²) in [7, 11) is 0. The molecule has 0 heterocycles. The van der Waals surface area contributed by atoms with Crippen molar-refractivity contribution in [2.24, 2.45) is 0 Å². The number of nitrogens with zero attached hydrogens (tertiary/aromatic N) is 1. The molecular formula is C12H17BrFN. The van der Waals surface area contributed by atoms with Gasteiger partial charge in [-0.2, -0.15) is 0 Å². The van der Waals surface area contributed by atoms with E-state index in [-0.39, 0.29) is 11.9 Å². The molecule has 0 saturated carbocycles. The maximum Gasteiger partial charge on any atom is 0.128 e. The van der Waals surface area contributed by atoms with Crippen molar-refractivity contribution in [1.82, 2.24) is 4.90 Å². The van der Waals surface area contributed by atoms with Gasteiger partial charge in [-0.3, -0.25) is 4.90 Å². The van der Waals surface area contributed by atoms with Crippen LogP contribution in [0.5, 0.6) is 0 Å². The average molecular weight is 274 g/mol. The zero-order valence-corrected chi connectivity index (χ0v) is 11.0. The topological polar surface area (TPSA) is 3.24 Å². The summed E-state index contributed by atoms with van der Waals surface area (Å²) < 4.78 is 14.5. The number of hydrogen-bond acceptors (Lipinski definition) is 1. The standard InChI is InChI=1S/C12H17BrFN/c1-4-15(5-2)9(3)11-8-10(13)6-7-12(11)14/h6-9H,4-5H2,1-3H3. The highest BCUT2D eigenvalue weighted by Gasteiger charge is 2.16. The Morgan fingerprint density at radius 1 is 1.33 bits per heavy atom. The highest BCUT2D eigenvalue weighted by molar-refractivity contribution is 9.10. The predicted molar refractivity (Wildman–Crippen MR) is 65.4 cm³/mol. The third kappa shape index (κ3) is 3.02. The molecule has 1 unspecified atom stereocenters. The minimum Gasteiger partial charge on any atom is -0.297 e. The maximum absolute atomic E-state index is 13.6. The third-order valence-electron chi connectivity index (χ3n) is 2.77. The summed E-state index contributed by atoms with van der Waals surface area (Å²) in [6.07, 6.45) is 0. The molecule has 1 aromatic carbocycles. The molecular weight excluding hydrogens is 257 g/mol. The molecule has 84 valence electrons. The lowest BCUT2D eigenvalue weighted by atomic mass is 10.1. The quantitative estimate of drug-likeness (QED) is 0.802. The lowest BCUT2D eigenvalue weighted by Crippen LogP contribution is -2.27. The Morgan fingerprint density at radius 2 is 1.93 bits per heavy atom. The molecule has 0 bridgehead atoms. The van der Waals surface area contributed by atoms with Crippen molar-refractivity contribution in [3.63, 3.8) is 0 Å². The summed E-state index contributed by atoms with van der Waals surface area (Å²) in [5.41, 5.74) is 0.757. The molecule has 1 nitrogen and oxygen atoms in total. The van der Waals surface area contributed by atoms with Gasteiger partial charge >= 0.3 is 0 Å². The Kier molecular flexibility index (Phi) is 4.74. The van der Waals surface area contributed by atoms with Gasteiger partial charge in [0.15, 0.2) is 0 Å².